The highest BCUT2D eigenvalue weighted by atomic mass is 16.5. The molecule has 1 aliphatic heterocycles. The standard InChI is InChI=1S/C14H14N4O4/c19-11-5-9(6-12(20)17-11)14(21)18-4-1-10(8-18)22-13-7-15-2-3-16-13/h2-3,5-7,10H,1,4,8H2,(H2,17,19,20). The van der Waals surface area contributed by atoms with Gasteiger partial charge in [-0.1, -0.05) is 0 Å². The second-order valence-corrected chi connectivity index (χ2v) is 4.94. The lowest BCUT2D eigenvalue weighted by atomic mass is 10.2. The fourth-order valence-corrected chi connectivity index (χ4v) is 2.36. The monoisotopic (exact) mass is 302 g/mol. The molecule has 1 aliphatic rings. The average molecular weight is 302 g/mol. The first-order valence-corrected chi connectivity index (χ1v) is 6.77. The zero-order valence-corrected chi connectivity index (χ0v) is 11.6. The molecule has 3 heterocycles. The number of nitrogens with zero attached hydrogens (tertiary/aromatic N) is 3. The number of nitrogens with one attached hydrogen (secondary N) is 1. The van der Waals surface area contributed by atoms with Gasteiger partial charge in [0, 0.05) is 37.5 Å². The minimum Gasteiger partial charge on any atom is -0.494 e. The van der Waals surface area contributed by atoms with Gasteiger partial charge in [0.15, 0.2) is 5.88 Å². The van der Waals surface area contributed by atoms with E-state index in [0.717, 1.165) is 0 Å². The van der Waals surface area contributed by atoms with E-state index < -0.39 is 5.56 Å². The minimum atomic E-state index is -0.519. The highest BCUT2D eigenvalue weighted by molar-refractivity contribution is 5.94. The van der Waals surface area contributed by atoms with Gasteiger partial charge in [0.25, 0.3) is 11.5 Å². The van der Waals surface area contributed by atoms with E-state index in [-0.39, 0.29) is 23.5 Å². The molecule has 22 heavy (non-hydrogen) atoms. The lowest BCUT2D eigenvalue weighted by molar-refractivity contribution is 0.0770. The van der Waals surface area contributed by atoms with Crippen molar-refractivity contribution in [1.29, 1.82) is 0 Å². The number of pyridine rings is 1. The van der Waals surface area contributed by atoms with Gasteiger partial charge in [-0.3, -0.25) is 19.6 Å². The third-order valence-electron chi connectivity index (χ3n) is 3.34. The Morgan fingerprint density at radius 1 is 1.41 bits per heavy atom. The molecule has 0 saturated carbocycles. The minimum absolute atomic E-state index is 0.154. The molecule has 1 fully saturated rings. The van der Waals surface area contributed by atoms with Gasteiger partial charge in [0.2, 0.25) is 5.88 Å². The van der Waals surface area contributed by atoms with E-state index in [1.165, 1.54) is 24.5 Å². The van der Waals surface area contributed by atoms with Gasteiger partial charge in [0.1, 0.15) is 6.10 Å². The summed E-state index contributed by atoms with van der Waals surface area (Å²) in [7, 11) is 0. The first-order chi connectivity index (χ1) is 10.6. The van der Waals surface area contributed by atoms with Crippen LogP contribution in [0, 0.1) is 0 Å². The van der Waals surface area contributed by atoms with Crippen LogP contribution in [-0.4, -0.2) is 50.1 Å². The maximum absolute atomic E-state index is 12.3. The molecule has 114 valence electrons. The highest BCUT2D eigenvalue weighted by Crippen LogP contribution is 2.18. The van der Waals surface area contributed by atoms with Crippen LogP contribution in [0.2, 0.25) is 0 Å². The summed E-state index contributed by atoms with van der Waals surface area (Å²) in [5.41, 5.74) is -0.365. The van der Waals surface area contributed by atoms with Crippen LogP contribution in [0.5, 0.6) is 11.8 Å². The topological polar surface area (TPSA) is 108 Å². The zero-order valence-electron chi connectivity index (χ0n) is 11.6. The Balaban J connectivity index is 1.67. The van der Waals surface area contributed by atoms with Crippen molar-refractivity contribution in [2.45, 2.75) is 12.5 Å². The van der Waals surface area contributed by atoms with Gasteiger partial charge in [-0.2, -0.15) is 0 Å². The molecule has 1 atom stereocenters. The van der Waals surface area contributed by atoms with E-state index in [0.29, 0.717) is 25.4 Å². The smallest absolute Gasteiger partial charge is 0.254 e. The van der Waals surface area contributed by atoms with Crippen molar-refractivity contribution in [3.63, 3.8) is 0 Å². The Kier molecular flexibility index (Phi) is 3.73. The van der Waals surface area contributed by atoms with Crippen molar-refractivity contribution >= 4 is 5.91 Å². The predicted molar refractivity (Wildman–Crippen MR) is 75.7 cm³/mol. The van der Waals surface area contributed by atoms with Crippen LogP contribution in [0.4, 0.5) is 0 Å². The van der Waals surface area contributed by atoms with E-state index in [9.17, 15) is 14.7 Å². The van der Waals surface area contributed by atoms with Crippen LogP contribution in [0.25, 0.3) is 0 Å². The molecule has 8 heteroatoms. The van der Waals surface area contributed by atoms with Crippen LogP contribution in [0.1, 0.15) is 16.8 Å². The van der Waals surface area contributed by atoms with Gasteiger partial charge in [-0.15, -0.1) is 0 Å². The normalized spacial score (nSPS) is 17.5. The van der Waals surface area contributed by atoms with Gasteiger partial charge < -0.3 is 14.7 Å². The van der Waals surface area contributed by atoms with Crippen molar-refractivity contribution in [1.82, 2.24) is 19.9 Å². The second kappa shape index (κ2) is 5.84. The van der Waals surface area contributed by atoms with Crippen LogP contribution in [-0.2, 0) is 0 Å². The number of hydrogen-bond acceptors (Lipinski definition) is 6. The SMILES string of the molecule is O=C(c1cc(O)[nH]c(=O)c1)N1CCC(Oc2cnccn2)C1. The number of ether oxygens (including phenoxy) is 1. The quantitative estimate of drug-likeness (QED) is 0.836. The number of amides is 1. The molecular formula is C14H14N4O4. The van der Waals surface area contributed by atoms with E-state index in [1.807, 2.05) is 0 Å². The molecule has 0 aliphatic carbocycles. The van der Waals surface area contributed by atoms with Crippen LogP contribution in [0.15, 0.2) is 35.5 Å². The number of aromatic hydroxyl groups is 1. The molecule has 1 unspecified atom stereocenters. The fraction of sp³-hybridized carbons (Fsp3) is 0.286. The Morgan fingerprint density at radius 3 is 3.00 bits per heavy atom. The molecule has 0 spiro atoms. The maximum Gasteiger partial charge on any atom is 0.254 e. The summed E-state index contributed by atoms with van der Waals surface area (Å²) in [6.07, 6.45) is 5.09. The lowest BCUT2D eigenvalue weighted by Gasteiger charge is -2.16. The summed E-state index contributed by atoms with van der Waals surface area (Å²) >= 11 is 0. The largest absolute Gasteiger partial charge is 0.494 e. The number of H-pyrrole nitrogens is 1. The fourth-order valence-electron chi connectivity index (χ4n) is 2.36. The van der Waals surface area contributed by atoms with Gasteiger partial charge in [-0.05, 0) is 0 Å². The zero-order chi connectivity index (χ0) is 15.5. The summed E-state index contributed by atoms with van der Waals surface area (Å²) in [6, 6.07) is 2.40. The first-order valence-electron chi connectivity index (χ1n) is 6.77. The summed E-state index contributed by atoms with van der Waals surface area (Å²) in [6.45, 7) is 0.903. The third-order valence-corrected chi connectivity index (χ3v) is 3.34. The van der Waals surface area contributed by atoms with Crippen molar-refractivity contribution < 1.29 is 14.6 Å². The molecule has 1 amide bonds. The molecule has 1 saturated heterocycles. The van der Waals surface area contributed by atoms with E-state index in [4.69, 9.17) is 4.74 Å². The number of carbonyl (C=O) groups excluding carboxylic acids is 1. The molecule has 0 bridgehead atoms. The van der Waals surface area contributed by atoms with Crippen molar-refractivity contribution in [3.05, 3.63) is 46.6 Å². The van der Waals surface area contributed by atoms with Crippen LogP contribution < -0.4 is 10.3 Å². The number of aromatic nitrogens is 3. The van der Waals surface area contributed by atoms with Gasteiger partial charge >= 0.3 is 0 Å². The maximum atomic E-state index is 12.3. The summed E-state index contributed by atoms with van der Waals surface area (Å²) in [5.74, 6) is -0.232. The number of hydrogen-bond donors (Lipinski definition) is 2. The van der Waals surface area contributed by atoms with E-state index in [1.54, 1.807) is 11.1 Å². The summed E-state index contributed by atoms with van der Waals surface area (Å²) in [5, 5.41) is 9.37. The van der Waals surface area contributed by atoms with Crippen LogP contribution >= 0.6 is 0 Å². The van der Waals surface area contributed by atoms with Crippen molar-refractivity contribution in [2.24, 2.45) is 0 Å². The third kappa shape index (κ3) is 3.05. The predicted octanol–water partition coefficient (Wildman–Crippen LogP) is 0.164. The Morgan fingerprint density at radius 2 is 2.27 bits per heavy atom. The van der Waals surface area contributed by atoms with E-state index in [2.05, 4.69) is 15.0 Å². The van der Waals surface area contributed by atoms with E-state index >= 15 is 0 Å². The van der Waals surface area contributed by atoms with Crippen molar-refractivity contribution in [2.75, 3.05) is 13.1 Å². The Hall–Kier alpha value is -2.90. The summed E-state index contributed by atoms with van der Waals surface area (Å²) < 4.78 is 5.65. The molecule has 0 aromatic carbocycles. The number of rotatable bonds is 3. The molecule has 2 aromatic heterocycles. The number of carbonyl (C=O) groups is 1. The lowest BCUT2D eigenvalue weighted by Crippen LogP contribution is -2.31. The highest BCUT2D eigenvalue weighted by Gasteiger charge is 2.29. The average Bonchev–Trinajstić information content (AvgIpc) is 2.95. The molecular weight excluding hydrogens is 288 g/mol. The Bertz CT molecular complexity index is 731. The summed E-state index contributed by atoms with van der Waals surface area (Å²) in [4.78, 5) is 35.3. The number of aromatic amines is 1. The second-order valence-electron chi connectivity index (χ2n) is 4.94. The molecule has 2 aromatic rings. The van der Waals surface area contributed by atoms with Gasteiger partial charge in [-0.25, -0.2) is 4.98 Å². The van der Waals surface area contributed by atoms with Gasteiger partial charge in [0.05, 0.1) is 18.3 Å². The van der Waals surface area contributed by atoms with Crippen molar-refractivity contribution in [3.8, 4) is 11.8 Å². The molecule has 0 radical (unpaired) electrons. The molecule has 2 N–H and O–H groups in total. The van der Waals surface area contributed by atoms with Crippen LogP contribution in [0.3, 0.4) is 0 Å². The molecule has 8 nitrogen and oxygen atoms in total. The first kappa shape index (κ1) is 14.1. The Labute approximate surface area is 125 Å². The molecule has 3 rings (SSSR count). The number of likely N-dealkylation sites (tertiary alicyclic amines) is 1.